The van der Waals surface area contributed by atoms with Crippen molar-refractivity contribution in [3.8, 4) is 18.1 Å². The highest BCUT2D eigenvalue weighted by atomic mass is 19.3. The number of carbonyl (C=O) groups is 1. The lowest BCUT2D eigenvalue weighted by atomic mass is 9.90. The summed E-state index contributed by atoms with van der Waals surface area (Å²) in [6, 6.07) is 3.88. The van der Waals surface area contributed by atoms with Crippen molar-refractivity contribution >= 4 is 5.78 Å². The fourth-order valence-electron chi connectivity index (χ4n) is 6.78. The van der Waals surface area contributed by atoms with E-state index < -0.39 is 130 Å². The number of Topliss-reactive ketones (excluding diaryl/α,β-unsaturated/α-hetero) is 1. The van der Waals surface area contributed by atoms with Crippen molar-refractivity contribution in [2.45, 2.75) is 144 Å². The van der Waals surface area contributed by atoms with Crippen LogP contribution in [0.5, 0.6) is 5.75 Å². The minimum Gasteiger partial charge on any atom is -0.461 e. The topological polar surface area (TPSA) is 275 Å². The summed E-state index contributed by atoms with van der Waals surface area (Å²) in [4.78, 5) is 12.4. The van der Waals surface area contributed by atoms with Crippen molar-refractivity contribution in [2.75, 3.05) is 19.8 Å². The Bertz CT molecular complexity index is 1390. The lowest BCUT2D eigenvalue weighted by molar-refractivity contribution is -0.376. The molecule has 0 spiro atoms. The van der Waals surface area contributed by atoms with Crippen molar-refractivity contribution in [3.63, 3.8) is 0 Å². The van der Waals surface area contributed by atoms with E-state index in [0.717, 1.165) is 12.8 Å². The predicted octanol–water partition coefficient (Wildman–Crippen LogP) is -2.22. The number of unbranched alkanes of at least 4 members (excludes halogenated alkanes) is 1. The number of alkyl halides is 2. The van der Waals surface area contributed by atoms with Crippen LogP contribution in [0.4, 0.5) is 8.78 Å². The maximum Gasteiger partial charge on any atom is 0.267 e. The van der Waals surface area contributed by atoms with Crippen LogP contribution in [0.1, 0.15) is 56.6 Å². The smallest absolute Gasteiger partial charge is 0.267 e. The van der Waals surface area contributed by atoms with Gasteiger partial charge in [0.15, 0.2) is 12.6 Å². The maximum atomic E-state index is 14.3. The minimum atomic E-state index is -3.06. The minimum absolute atomic E-state index is 0.0258. The molecule has 3 aliphatic rings. The Morgan fingerprint density at radius 2 is 1.31 bits per heavy atom. The van der Waals surface area contributed by atoms with Gasteiger partial charge in [-0.3, -0.25) is 4.79 Å². The van der Waals surface area contributed by atoms with Crippen molar-refractivity contribution in [3.05, 3.63) is 29.3 Å². The maximum absolute atomic E-state index is 14.3. The first-order chi connectivity index (χ1) is 26.2. The van der Waals surface area contributed by atoms with E-state index in [0.29, 0.717) is 12.0 Å². The number of halogens is 2. The second kappa shape index (κ2) is 20.8. The van der Waals surface area contributed by atoms with Crippen LogP contribution in [0.15, 0.2) is 18.2 Å². The number of terminal acetylenes is 1. The van der Waals surface area contributed by atoms with Gasteiger partial charge in [-0.25, -0.2) is 8.78 Å². The van der Waals surface area contributed by atoms with E-state index >= 15 is 0 Å². The molecule has 0 aromatic heterocycles. The van der Waals surface area contributed by atoms with Crippen LogP contribution in [0.25, 0.3) is 0 Å². The van der Waals surface area contributed by atoms with Crippen LogP contribution in [-0.4, -0.2) is 169 Å². The molecule has 10 N–H and O–H groups in total. The molecule has 19 heteroatoms. The molecule has 312 valence electrons. The summed E-state index contributed by atoms with van der Waals surface area (Å²) in [6.07, 6.45) is -21.7. The molecule has 3 fully saturated rings. The summed E-state index contributed by atoms with van der Waals surface area (Å²) >= 11 is 0. The summed E-state index contributed by atoms with van der Waals surface area (Å²) in [5.41, 5.74) is -0.130. The quantitative estimate of drug-likeness (QED) is 0.0705. The van der Waals surface area contributed by atoms with E-state index in [4.69, 9.17) is 34.8 Å². The van der Waals surface area contributed by atoms with Gasteiger partial charge in [0, 0.05) is 19.3 Å². The SMILES string of the molecule is C#CCC(CC(=O)CCCC)Cc1ccc(O[C@@H]2OC(CO)[C@H](O[C@H]3OC(CO)[C@H](O[C@H]4OC(CO)[C@@H](O)[C@H](O)C4O)[C@H](O)C3O)[C@H](O)C2O)c(C(F)F)c1. The number of aliphatic hydroxyl groups is 10. The number of ketones is 1. The highest BCUT2D eigenvalue weighted by Crippen LogP contribution is 2.36. The largest absolute Gasteiger partial charge is 0.461 e. The zero-order valence-electron chi connectivity index (χ0n) is 30.1. The number of ether oxygens (including phenoxy) is 6. The number of hydrogen-bond acceptors (Lipinski definition) is 17. The van der Waals surface area contributed by atoms with Crippen LogP contribution in [-0.2, 0) is 34.9 Å². The Morgan fingerprint density at radius 1 is 0.782 bits per heavy atom. The summed E-state index contributed by atoms with van der Waals surface area (Å²) in [5.74, 6) is 1.85. The molecular weight excluding hydrogens is 742 g/mol. The third-order valence-electron chi connectivity index (χ3n) is 9.88. The molecule has 1 aromatic rings. The Kier molecular flexibility index (Phi) is 17.1. The Labute approximate surface area is 315 Å². The van der Waals surface area contributed by atoms with Gasteiger partial charge >= 0.3 is 0 Å². The third kappa shape index (κ3) is 10.9. The van der Waals surface area contributed by atoms with Gasteiger partial charge in [0.25, 0.3) is 6.43 Å². The standard InChI is InChI=1S/C36H52F2O17/c1-3-5-7-18(42)11-16(6-4-2)10-17-8-9-20(19(12-17)33(37)38)50-34-29(48)26(45)31(22(14-40)52-34)55-36-30(49)27(46)32(23(15-41)53-36)54-35-28(47)25(44)24(43)21(13-39)51-35/h2,8-9,12,16,21-36,39-41,43-49H,3,5-7,10-11,13-15H2,1H3/t16?,21?,22?,23?,24-,25+,26-,27-,28?,29?,30?,31+,32+,34-,35-,36-/m1/s1. The molecule has 3 saturated heterocycles. The van der Waals surface area contributed by atoms with Crippen LogP contribution < -0.4 is 4.74 Å². The number of carbonyl (C=O) groups excluding carboxylic acids is 1. The molecule has 0 radical (unpaired) electrons. The molecule has 0 aliphatic carbocycles. The number of aliphatic hydroxyl groups excluding tert-OH is 10. The number of hydrogen-bond donors (Lipinski definition) is 10. The van der Waals surface area contributed by atoms with Gasteiger partial charge in [-0.1, -0.05) is 19.4 Å². The second-order valence-corrected chi connectivity index (χ2v) is 13.9. The molecular formula is C36H52F2O17. The molecule has 7 unspecified atom stereocenters. The highest BCUT2D eigenvalue weighted by Gasteiger charge is 2.53. The average molecular weight is 795 g/mol. The van der Waals surface area contributed by atoms with Crippen LogP contribution in [0.3, 0.4) is 0 Å². The third-order valence-corrected chi connectivity index (χ3v) is 9.88. The first-order valence-corrected chi connectivity index (χ1v) is 18.1. The number of benzene rings is 1. The van der Waals surface area contributed by atoms with E-state index in [2.05, 4.69) is 5.92 Å². The lowest BCUT2D eigenvalue weighted by Gasteiger charge is -2.48. The van der Waals surface area contributed by atoms with E-state index in [1.54, 1.807) is 0 Å². The molecule has 4 rings (SSSR count). The van der Waals surface area contributed by atoms with Crippen LogP contribution >= 0.6 is 0 Å². The normalized spacial score (nSPS) is 37.4. The Morgan fingerprint density at radius 3 is 1.84 bits per heavy atom. The van der Waals surface area contributed by atoms with Gasteiger partial charge in [0.05, 0.1) is 25.4 Å². The summed E-state index contributed by atoms with van der Waals surface area (Å²) in [5, 5.41) is 104. The van der Waals surface area contributed by atoms with Gasteiger partial charge < -0.3 is 79.5 Å². The van der Waals surface area contributed by atoms with Gasteiger partial charge in [0.2, 0.25) is 6.29 Å². The van der Waals surface area contributed by atoms with Crippen LogP contribution in [0.2, 0.25) is 0 Å². The Balaban J connectivity index is 1.44. The number of rotatable bonds is 18. The van der Waals surface area contributed by atoms with Gasteiger partial charge in [-0.15, -0.1) is 12.3 Å². The first-order valence-electron chi connectivity index (χ1n) is 18.1. The zero-order valence-corrected chi connectivity index (χ0v) is 30.1. The summed E-state index contributed by atoms with van der Waals surface area (Å²) in [7, 11) is 0. The first kappa shape index (κ1) is 45.2. The summed E-state index contributed by atoms with van der Waals surface area (Å²) in [6.45, 7) is -0.631. The van der Waals surface area contributed by atoms with Gasteiger partial charge in [-0.2, -0.15) is 0 Å². The Hall–Kier alpha value is -2.49. The highest BCUT2D eigenvalue weighted by molar-refractivity contribution is 5.78. The molecule has 0 bridgehead atoms. The summed E-state index contributed by atoms with van der Waals surface area (Å²) < 4.78 is 61.8. The zero-order chi connectivity index (χ0) is 40.6. The molecule has 17 nitrogen and oxygen atoms in total. The molecule has 0 amide bonds. The monoisotopic (exact) mass is 794 g/mol. The molecule has 55 heavy (non-hydrogen) atoms. The fraction of sp³-hybridized carbons (Fsp3) is 0.750. The van der Waals surface area contributed by atoms with Crippen molar-refractivity contribution in [2.24, 2.45) is 5.92 Å². The average Bonchev–Trinajstić information content (AvgIpc) is 3.16. The molecule has 1 aromatic carbocycles. The van der Waals surface area contributed by atoms with Gasteiger partial charge in [-0.05, 0) is 36.5 Å². The fourth-order valence-corrected chi connectivity index (χ4v) is 6.78. The predicted molar refractivity (Wildman–Crippen MR) is 181 cm³/mol. The van der Waals surface area contributed by atoms with Crippen LogP contribution in [0, 0.1) is 18.3 Å². The van der Waals surface area contributed by atoms with Crippen molar-refractivity contribution < 1.29 is 93.1 Å². The van der Waals surface area contributed by atoms with Crippen molar-refractivity contribution in [1.82, 2.24) is 0 Å². The second-order valence-electron chi connectivity index (χ2n) is 13.9. The van der Waals surface area contributed by atoms with Crippen molar-refractivity contribution in [1.29, 1.82) is 0 Å². The molecule has 3 aliphatic heterocycles. The lowest BCUT2D eigenvalue weighted by Crippen LogP contribution is -2.66. The molecule has 16 atom stereocenters. The van der Waals surface area contributed by atoms with E-state index in [-0.39, 0.29) is 31.0 Å². The van der Waals surface area contributed by atoms with E-state index in [1.165, 1.54) is 18.2 Å². The molecule has 3 heterocycles. The van der Waals surface area contributed by atoms with Gasteiger partial charge in [0.1, 0.15) is 84.8 Å². The molecule has 0 saturated carbocycles. The van der Waals surface area contributed by atoms with E-state index in [1.807, 2.05) is 6.92 Å². The van der Waals surface area contributed by atoms with E-state index in [9.17, 15) is 64.6 Å².